The van der Waals surface area contributed by atoms with Gasteiger partial charge in [-0.1, -0.05) is 6.42 Å². The van der Waals surface area contributed by atoms with Crippen molar-refractivity contribution in [3.8, 4) is 0 Å². The predicted octanol–water partition coefficient (Wildman–Crippen LogP) is 2.26. The lowest BCUT2D eigenvalue weighted by Gasteiger charge is -2.40. The monoisotopic (exact) mass is 278 g/mol. The fourth-order valence-electron chi connectivity index (χ4n) is 5.53. The molecule has 2 saturated heterocycles. The fraction of sp³-hybridized carbons (Fsp3) is 1.00. The van der Waals surface area contributed by atoms with Crippen molar-refractivity contribution >= 4 is 0 Å². The third kappa shape index (κ3) is 2.42. The van der Waals surface area contributed by atoms with Crippen molar-refractivity contribution in [1.82, 2.24) is 10.2 Å². The molecule has 0 amide bonds. The number of hydrogen-bond acceptors (Lipinski definition) is 3. The van der Waals surface area contributed by atoms with Crippen molar-refractivity contribution in [2.24, 2.45) is 17.8 Å². The number of rotatable bonds is 4. The van der Waals surface area contributed by atoms with Crippen LogP contribution in [0.5, 0.6) is 0 Å². The molecule has 0 aromatic rings. The summed E-state index contributed by atoms with van der Waals surface area (Å²) >= 11 is 0. The highest BCUT2D eigenvalue weighted by Gasteiger charge is 2.42. The zero-order valence-electron chi connectivity index (χ0n) is 12.9. The summed E-state index contributed by atoms with van der Waals surface area (Å²) in [5, 5.41) is 3.59. The van der Waals surface area contributed by atoms with Crippen LogP contribution in [0.3, 0.4) is 0 Å². The van der Waals surface area contributed by atoms with Crippen LogP contribution in [0, 0.1) is 17.8 Å². The Labute approximate surface area is 123 Å². The molecule has 1 N–H and O–H groups in total. The highest BCUT2D eigenvalue weighted by Crippen LogP contribution is 2.50. The lowest BCUT2D eigenvalue weighted by Crippen LogP contribution is -2.54. The highest BCUT2D eigenvalue weighted by molar-refractivity contribution is 4.95. The zero-order valence-corrected chi connectivity index (χ0v) is 12.9. The van der Waals surface area contributed by atoms with E-state index in [-0.39, 0.29) is 0 Å². The van der Waals surface area contributed by atoms with Gasteiger partial charge in [0.25, 0.3) is 0 Å². The third-order valence-corrected chi connectivity index (χ3v) is 6.68. The van der Waals surface area contributed by atoms with Crippen molar-refractivity contribution in [3.63, 3.8) is 0 Å². The quantitative estimate of drug-likeness (QED) is 0.854. The van der Waals surface area contributed by atoms with Crippen LogP contribution in [-0.2, 0) is 4.74 Å². The van der Waals surface area contributed by atoms with Crippen molar-refractivity contribution in [1.29, 1.82) is 0 Å². The molecule has 4 rings (SSSR count). The first-order chi connectivity index (χ1) is 9.83. The SMILES string of the molecule is CNC(CC1CC2CCC1C2)C1CN2CCCC2CO1. The molecule has 4 fully saturated rings. The van der Waals surface area contributed by atoms with Crippen molar-refractivity contribution in [3.05, 3.63) is 0 Å². The van der Waals surface area contributed by atoms with Gasteiger partial charge in [0.05, 0.1) is 12.7 Å². The van der Waals surface area contributed by atoms with Gasteiger partial charge in [0.2, 0.25) is 0 Å². The molecule has 114 valence electrons. The molecular weight excluding hydrogens is 248 g/mol. The molecule has 2 aliphatic carbocycles. The highest BCUT2D eigenvalue weighted by atomic mass is 16.5. The molecule has 2 aliphatic heterocycles. The number of likely N-dealkylation sites (N-methyl/N-ethyl adjacent to an activating group) is 1. The molecule has 6 atom stereocenters. The molecule has 4 aliphatic rings. The largest absolute Gasteiger partial charge is 0.374 e. The van der Waals surface area contributed by atoms with Crippen molar-refractivity contribution in [2.75, 3.05) is 26.7 Å². The molecule has 2 heterocycles. The van der Waals surface area contributed by atoms with Gasteiger partial charge in [-0.05, 0) is 69.9 Å². The van der Waals surface area contributed by atoms with Crippen LogP contribution in [0.1, 0.15) is 44.9 Å². The normalized spacial score (nSPS) is 45.8. The van der Waals surface area contributed by atoms with Crippen LogP contribution in [0.4, 0.5) is 0 Å². The lowest BCUT2D eigenvalue weighted by molar-refractivity contribution is -0.0675. The van der Waals surface area contributed by atoms with E-state index in [0.717, 1.165) is 36.9 Å². The first-order valence-corrected chi connectivity index (χ1v) is 8.86. The average Bonchev–Trinajstić information content (AvgIpc) is 3.19. The van der Waals surface area contributed by atoms with Gasteiger partial charge in [0.15, 0.2) is 0 Å². The maximum atomic E-state index is 6.23. The summed E-state index contributed by atoms with van der Waals surface area (Å²) in [6.45, 7) is 3.44. The molecule has 0 aromatic carbocycles. The molecule has 2 bridgehead atoms. The summed E-state index contributed by atoms with van der Waals surface area (Å²) in [5.41, 5.74) is 0. The van der Waals surface area contributed by atoms with Crippen LogP contribution in [0.15, 0.2) is 0 Å². The van der Waals surface area contributed by atoms with E-state index >= 15 is 0 Å². The molecule has 0 radical (unpaired) electrons. The lowest BCUT2D eigenvalue weighted by atomic mass is 9.83. The minimum absolute atomic E-state index is 0.425. The van der Waals surface area contributed by atoms with Crippen LogP contribution in [0.25, 0.3) is 0 Å². The van der Waals surface area contributed by atoms with Gasteiger partial charge in [-0.15, -0.1) is 0 Å². The van der Waals surface area contributed by atoms with E-state index < -0.39 is 0 Å². The number of nitrogens with one attached hydrogen (secondary N) is 1. The topological polar surface area (TPSA) is 24.5 Å². The van der Waals surface area contributed by atoms with Gasteiger partial charge in [0.1, 0.15) is 0 Å². The number of fused-ring (bicyclic) bond motifs is 3. The first-order valence-electron chi connectivity index (χ1n) is 8.86. The standard InChI is InChI=1S/C17H30N2O/c1-18-16(9-14-8-12-4-5-13(14)7-12)17-10-19-6-2-3-15(19)11-20-17/h12-18H,2-11H2,1H3. The van der Waals surface area contributed by atoms with E-state index in [1.165, 1.54) is 51.5 Å². The number of hydrogen-bond donors (Lipinski definition) is 1. The molecule has 3 nitrogen and oxygen atoms in total. The molecule has 0 aromatic heterocycles. The van der Waals surface area contributed by atoms with Gasteiger partial charge < -0.3 is 10.1 Å². The van der Waals surface area contributed by atoms with Crippen LogP contribution in [-0.4, -0.2) is 49.8 Å². The number of nitrogens with zero attached hydrogens (tertiary/aromatic N) is 1. The first kappa shape index (κ1) is 13.5. The van der Waals surface area contributed by atoms with Crippen molar-refractivity contribution in [2.45, 2.75) is 63.1 Å². The maximum absolute atomic E-state index is 6.23. The Balaban J connectivity index is 1.35. The second-order valence-corrected chi connectivity index (χ2v) is 7.73. The average molecular weight is 278 g/mol. The van der Waals surface area contributed by atoms with Gasteiger partial charge >= 0.3 is 0 Å². The Bertz CT molecular complexity index is 348. The minimum atomic E-state index is 0.425. The molecule has 2 saturated carbocycles. The smallest absolute Gasteiger partial charge is 0.0855 e. The molecule has 3 heteroatoms. The number of ether oxygens (including phenoxy) is 1. The summed E-state index contributed by atoms with van der Waals surface area (Å²) in [7, 11) is 2.14. The van der Waals surface area contributed by atoms with E-state index in [2.05, 4.69) is 17.3 Å². The van der Waals surface area contributed by atoms with E-state index in [1.807, 2.05) is 0 Å². The maximum Gasteiger partial charge on any atom is 0.0855 e. The van der Waals surface area contributed by atoms with E-state index in [4.69, 9.17) is 4.74 Å². The fourth-order valence-corrected chi connectivity index (χ4v) is 5.53. The van der Waals surface area contributed by atoms with Gasteiger partial charge in [-0.3, -0.25) is 4.90 Å². The van der Waals surface area contributed by atoms with E-state index in [0.29, 0.717) is 12.1 Å². The van der Waals surface area contributed by atoms with Gasteiger partial charge in [-0.2, -0.15) is 0 Å². The minimum Gasteiger partial charge on any atom is -0.374 e. The van der Waals surface area contributed by atoms with Crippen LogP contribution in [0.2, 0.25) is 0 Å². The number of morpholine rings is 1. The molecular formula is C17H30N2O. The van der Waals surface area contributed by atoms with E-state index in [1.54, 1.807) is 0 Å². The molecule has 6 unspecified atom stereocenters. The van der Waals surface area contributed by atoms with Crippen LogP contribution < -0.4 is 5.32 Å². The Morgan fingerprint density at radius 3 is 2.95 bits per heavy atom. The Hall–Kier alpha value is -0.120. The summed E-state index contributed by atoms with van der Waals surface area (Å²) < 4.78 is 6.23. The van der Waals surface area contributed by atoms with E-state index in [9.17, 15) is 0 Å². The second kappa shape index (κ2) is 5.58. The molecule has 0 spiro atoms. The summed E-state index contributed by atoms with van der Waals surface area (Å²) in [6.07, 6.45) is 10.5. The Kier molecular flexibility index (Phi) is 3.78. The summed E-state index contributed by atoms with van der Waals surface area (Å²) in [6, 6.07) is 1.30. The van der Waals surface area contributed by atoms with Gasteiger partial charge in [0, 0.05) is 18.6 Å². The Morgan fingerprint density at radius 1 is 1.25 bits per heavy atom. The summed E-state index contributed by atoms with van der Waals surface area (Å²) in [4.78, 5) is 2.68. The molecule has 20 heavy (non-hydrogen) atoms. The zero-order chi connectivity index (χ0) is 13.5. The third-order valence-electron chi connectivity index (χ3n) is 6.68. The predicted molar refractivity (Wildman–Crippen MR) is 80.7 cm³/mol. The summed E-state index contributed by atoms with van der Waals surface area (Å²) in [5.74, 6) is 3.09. The van der Waals surface area contributed by atoms with Crippen LogP contribution >= 0.6 is 0 Å². The van der Waals surface area contributed by atoms with Gasteiger partial charge in [-0.25, -0.2) is 0 Å². The van der Waals surface area contributed by atoms with Crippen molar-refractivity contribution < 1.29 is 4.74 Å². The Morgan fingerprint density at radius 2 is 2.20 bits per heavy atom. The second-order valence-electron chi connectivity index (χ2n) is 7.73.